The van der Waals surface area contributed by atoms with E-state index in [0.717, 1.165) is 11.6 Å². The Bertz CT molecular complexity index is 657. The Morgan fingerprint density at radius 1 is 1.00 bits per heavy atom. The molecular weight excluding hydrogens is 272 g/mol. The van der Waals surface area contributed by atoms with Gasteiger partial charge in [-0.05, 0) is 35.2 Å². The lowest BCUT2D eigenvalue weighted by molar-refractivity contribution is 0.102. The van der Waals surface area contributed by atoms with E-state index in [1.165, 1.54) is 12.1 Å². The number of anilines is 1. The molecule has 0 spiro atoms. The van der Waals surface area contributed by atoms with Crippen LogP contribution in [0.25, 0.3) is 0 Å². The van der Waals surface area contributed by atoms with Crippen LogP contribution in [0, 0.1) is 11.6 Å². The smallest absolute Gasteiger partial charge is 0.258 e. The second-order valence-corrected chi connectivity index (χ2v) is 5.88. The van der Waals surface area contributed by atoms with Crippen molar-refractivity contribution >= 4 is 11.6 Å². The van der Waals surface area contributed by atoms with Crippen molar-refractivity contribution in [3.05, 3.63) is 65.2 Å². The highest BCUT2D eigenvalue weighted by molar-refractivity contribution is 6.04. The van der Waals surface area contributed by atoms with Gasteiger partial charge in [0.1, 0.15) is 0 Å². The number of hydrogen-bond donors (Lipinski definition) is 1. The van der Waals surface area contributed by atoms with Gasteiger partial charge in [-0.3, -0.25) is 4.79 Å². The predicted molar refractivity (Wildman–Crippen MR) is 79.5 cm³/mol. The third-order valence-corrected chi connectivity index (χ3v) is 3.21. The number of benzene rings is 2. The fourth-order valence-corrected chi connectivity index (χ4v) is 1.93. The van der Waals surface area contributed by atoms with Gasteiger partial charge in [-0.2, -0.15) is 0 Å². The molecule has 110 valence electrons. The molecule has 1 N–H and O–H groups in total. The summed E-state index contributed by atoms with van der Waals surface area (Å²) < 4.78 is 26.6. The molecule has 0 aliphatic heterocycles. The highest BCUT2D eigenvalue weighted by Crippen LogP contribution is 2.23. The molecule has 1 amide bonds. The van der Waals surface area contributed by atoms with Gasteiger partial charge in [-0.15, -0.1) is 0 Å². The van der Waals surface area contributed by atoms with E-state index in [1.807, 2.05) is 12.1 Å². The number of amides is 1. The minimum Gasteiger partial charge on any atom is -0.322 e. The fraction of sp³-hybridized carbons (Fsp3) is 0.235. The Labute approximate surface area is 122 Å². The van der Waals surface area contributed by atoms with Crippen LogP contribution in [0.2, 0.25) is 0 Å². The summed E-state index contributed by atoms with van der Waals surface area (Å²) >= 11 is 0. The average Bonchev–Trinajstić information content (AvgIpc) is 2.41. The maximum Gasteiger partial charge on any atom is 0.258 e. The second kappa shape index (κ2) is 5.64. The van der Waals surface area contributed by atoms with Crippen LogP contribution in [0.5, 0.6) is 0 Å². The fourth-order valence-electron chi connectivity index (χ4n) is 1.93. The maximum atomic E-state index is 13.5. The molecule has 0 aliphatic carbocycles. The first-order valence-electron chi connectivity index (χ1n) is 6.65. The van der Waals surface area contributed by atoms with Crippen LogP contribution in [-0.2, 0) is 5.41 Å². The minimum absolute atomic E-state index is 0.0111. The van der Waals surface area contributed by atoms with E-state index in [2.05, 4.69) is 26.1 Å². The summed E-state index contributed by atoms with van der Waals surface area (Å²) in [5.41, 5.74) is 1.36. The number of halogens is 2. The van der Waals surface area contributed by atoms with Crippen molar-refractivity contribution in [1.29, 1.82) is 0 Å². The number of carbonyl (C=O) groups is 1. The van der Waals surface area contributed by atoms with E-state index in [9.17, 15) is 13.6 Å². The second-order valence-electron chi connectivity index (χ2n) is 5.88. The molecule has 0 unspecified atom stereocenters. The normalized spacial score (nSPS) is 11.3. The highest BCUT2D eigenvalue weighted by Gasteiger charge is 2.16. The zero-order valence-electron chi connectivity index (χ0n) is 12.2. The van der Waals surface area contributed by atoms with Gasteiger partial charge in [0.25, 0.3) is 5.91 Å². The molecule has 2 nitrogen and oxygen atoms in total. The number of rotatable bonds is 2. The topological polar surface area (TPSA) is 29.1 Å². The lowest BCUT2D eigenvalue weighted by atomic mass is 9.87. The third-order valence-electron chi connectivity index (χ3n) is 3.21. The van der Waals surface area contributed by atoms with Gasteiger partial charge in [0.15, 0.2) is 11.6 Å². The quantitative estimate of drug-likeness (QED) is 0.865. The molecule has 2 rings (SSSR count). The summed E-state index contributed by atoms with van der Waals surface area (Å²) in [6, 6.07) is 10.8. The molecule has 0 aliphatic rings. The summed E-state index contributed by atoms with van der Waals surface area (Å²) in [7, 11) is 0. The average molecular weight is 289 g/mol. The Kier molecular flexibility index (Phi) is 4.07. The van der Waals surface area contributed by atoms with Crippen LogP contribution >= 0.6 is 0 Å². The summed E-state index contributed by atoms with van der Waals surface area (Å²) in [5, 5.41) is 2.56. The molecule has 0 bridgehead atoms. The molecule has 0 radical (unpaired) electrons. The van der Waals surface area contributed by atoms with Gasteiger partial charge in [-0.25, -0.2) is 8.78 Å². The van der Waals surface area contributed by atoms with Crippen LogP contribution in [0.15, 0.2) is 42.5 Å². The molecule has 4 heteroatoms. The van der Waals surface area contributed by atoms with Gasteiger partial charge < -0.3 is 5.32 Å². The first kappa shape index (κ1) is 15.2. The van der Waals surface area contributed by atoms with Crippen molar-refractivity contribution in [2.24, 2.45) is 0 Å². The van der Waals surface area contributed by atoms with Crippen LogP contribution < -0.4 is 5.32 Å². The summed E-state index contributed by atoms with van der Waals surface area (Å²) in [4.78, 5) is 12.0. The predicted octanol–water partition coefficient (Wildman–Crippen LogP) is 4.51. The van der Waals surface area contributed by atoms with Crippen molar-refractivity contribution in [1.82, 2.24) is 0 Å². The number of carbonyl (C=O) groups excluding carboxylic acids is 1. The van der Waals surface area contributed by atoms with Crippen LogP contribution in [-0.4, -0.2) is 5.91 Å². The zero-order chi connectivity index (χ0) is 15.6. The van der Waals surface area contributed by atoms with Crippen molar-refractivity contribution in [2.75, 3.05) is 5.32 Å². The molecule has 2 aromatic rings. The first-order chi connectivity index (χ1) is 9.79. The summed E-state index contributed by atoms with van der Waals surface area (Å²) in [6.07, 6.45) is 0. The SMILES string of the molecule is CC(C)(C)c1ccc(NC(=O)c2cccc(F)c2F)cc1. The van der Waals surface area contributed by atoms with E-state index in [4.69, 9.17) is 0 Å². The molecule has 21 heavy (non-hydrogen) atoms. The largest absolute Gasteiger partial charge is 0.322 e. The van der Waals surface area contributed by atoms with E-state index < -0.39 is 17.5 Å². The van der Waals surface area contributed by atoms with Gasteiger partial charge in [0.2, 0.25) is 0 Å². The molecule has 0 saturated carbocycles. The minimum atomic E-state index is -1.14. The Morgan fingerprint density at radius 3 is 2.19 bits per heavy atom. The molecular formula is C17H17F2NO. The standard InChI is InChI=1S/C17H17F2NO/c1-17(2,3)11-7-9-12(10-8-11)20-16(21)13-5-4-6-14(18)15(13)19/h4-10H,1-3H3,(H,20,21). The summed E-state index contributed by atoms with van der Waals surface area (Å²) in [5.74, 6) is -2.84. The zero-order valence-corrected chi connectivity index (χ0v) is 12.2. The van der Waals surface area contributed by atoms with Gasteiger partial charge in [0, 0.05) is 5.69 Å². The number of nitrogens with one attached hydrogen (secondary N) is 1. The molecule has 0 fully saturated rings. The highest BCUT2D eigenvalue weighted by atomic mass is 19.2. The van der Waals surface area contributed by atoms with Crippen molar-refractivity contribution < 1.29 is 13.6 Å². The lowest BCUT2D eigenvalue weighted by Crippen LogP contribution is -2.15. The third kappa shape index (κ3) is 3.45. The number of hydrogen-bond acceptors (Lipinski definition) is 1. The first-order valence-corrected chi connectivity index (χ1v) is 6.65. The Hall–Kier alpha value is -2.23. The van der Waals surface area contributed by atoms with Crippen LogP contribution in [0.4, 0.5) is 14.5 Å². The van der Waals surface area contributed by atoms with Crippen molar-refractivity contribution in [2.45, 2.75) is 26.2 Å². The molecule has 0 atom stereocenters. The molecule has 0 saturated heterocycles. The lowest BCUT2D eigenvalue weighted by Gasteiger charge is -2.19. The Morgan fingerprint density at radius 2 is 1.62 bits per heavy atom. The molecule has 0 heterocycles. The van der Waals surface area contributed by atoms with E-state index in [0.29, 0.717) is 5.69 Å². The van der Waals surface area contributed by atoms with Gasteiger partial charge in [-0.1, -0.05) is 39.0 Å². The molecule has 0 aromatic heterocycles. The van der Waals surface area contributed by atoms with Gasteiger partial charge in [0.05, 0.1) is 5.56 Å². The van der Waals surface area contributed by atoms with Gasteiger partial charge >= 0.3 is 0 Å². The van der Waals surface area contributed by atoms with E-state index in [-0.39, 0.29) is 11.0 Å². The van der Waals surface area contributed by atoms with E-state index >= 15 is 0 Å². The molecule has 2 aromatic carbocycles. The Balaban J connectivity index is 2.18. The maximum absolute atomic E-state index is 13.5. The summed E-state index contributed by atoms with van der Waals surface area (Å²) in [6.45, 7) is 6.26. The van der Waals surface area contributed by atoms with Crippen LogP contribution in [0.1, 0.15) is 36.7 Å². The van der Waals surface area contributed by atoms with Crippen molar-refractivity contribution in [3.8, 4) is 0 Å². The van der Waals surface area contributed by atoms with Crippen molar-refractivity contribution in [3.63, 3.8) is 0 Å². The van der Waals surface area contributed by atoms with E-state index in [1.54, 1.807) is 12.1 Å². The van der Waals surface area contributed by atoms with Crippen LogP contribution in [0.3, 0.4) is 0 Å². The monoisotopic (exact) mass is 289 g/mol.